The number of unbranched alkanes of at least 4 members (excludes halogenated alkanes) is 4. The molecule has 98 valence electrons. The molecule has 2 heteroatoms. The van der Waals surface area contributed by atoms with Gasteiger partial charge in [0, 0.05) is 6.08 Å². The third-order valence-corrected chi connectivity index (χ3v) is 2.38. The molecule has 0 radical (unpaired) electrons. The summed E-state index contributed by atoms with van der Waals surface area (Å²) in [6.45, 7) is 4.77. The second-order valence-electron chi connectivity index (χ2n) is 4.11. The smallest absolute Gasteiger partial charge is 0.330 e. The van der Waals surface area contributed by atoms with Crippen LogP contribution >= 0.6 is 0 Å². The van der Waals surface area contributed by atoms with E-state index in [1.165, 1.54) is 25.3 Å². The molecule has 0 amide bonds. The first-order chi connectivity index (χ1) is 8.31. The summed E-state index contributed by atoms with van der Waals surface area (Å²) in [5.74, 6) is -0.224. The average molecular weight is 238 g/mol. The van der Waals surface area contributed by atoms with Crippen LogP contribution < -0.4 is 0 Å². The number of allylic oxidation sites excluding steroid dienone is 2. The van der Waals surface area contributed by atoms with E-state index in [0.717, 1.165) is 25.7 Å². The summed E-state index contributed by atoms with van der Waals surface area (Å²) in [4.78, 5) is 11.2. The fraction of sp³-hybridized carbons (Fsp3) is 0.667. The predicted octanol–water partition coefficient (Wildman–Crippen LogP) is 4.41. The lowest BCUT2D eigenvalue weighted by molar-refractivity contribution is -0.137. The molecule has 0 N–H and O–H groups in total. The van der Waals surface area contributed by atoms with E-state index in [9.17, 15) is 4.79 Å². The fourth-order valence-electron chi connectivity index (χ4n) is 1.37. The third-order valence-electron chi connectivity index (χ3n) is 2.38. The van der Waals surface area contributed by atoms with Gasteiger partial charge in [0.1, 0.15) is 0 Å². The summed E-state index contributed by atoms with van der Waals surface area (Å²) < 4.78 is 5.04. The summed E-state index contributed by atoms with van der Waals surface area (Å²) >= 11 is 0. The van der Waals surface area contributed by atoms with Crippen LogP contribution in [-0.2, 0) is 9.53 Å². The van der Waals surface area contributed by atoms with Crippen molar-refractivity contribution in [2.45, 2.75) is 58.8 Å². The molecular weight excluding hydrogens is 212 g/mol. The van der Waals surface area contributed by atoms with E-state index in [1.54, 1.807) is 0 Å². The molecule has 0 rings (SSSR count). The Morgan fingerprint density at radius 2 is 1.71 bits per heavy atom. The second-order valence-corrected chi connectivity index (χ2v) is 4.11. The highest BCUT2D eigenvalue weighted by molar-refractivity contribution is 5.81. The van der Waals surface area contributed by atoms with E-state index in [2.05, 4.69) is 26.0 Å². The molecule has 0 aliphatic heterocycles. The molecule has 0 aliphatic rings. The lowest BCUT2D eigenvalue weighted by atomic mass is 10.2. The van der Waals surface area contributed by atoms with Crippen LogP contribution in [0.5, 0.6) is 0 Å². The van der Waals surface area contributed by atoms with Gasteiger partial charge in [0.2, 0.25) is 0 Å². The number of carbonyl (C=O) groups excluding carboxylic acids is 1. The molecule has 0 fully saturated rings. The largest absolute Gasteiger partial charge is 0.462 e. The zero-order valence-corrected chi connectivity index (χ0v) is 11.3. The Morgan fingerprint density at radius 3 is 2.41 bits per heavy atom. The molecule has 0 saturated carbocycles. The van der Waals surface area contributed by atoms with Gasteiger partial charge in [0.15, 0.2) is 0 Å². The number of esters is 1. The lowest BCUT2D eigenvalue weighted by Gasteiger charge is -1.98. The van der Waals surface area contributed by atoms with Gasteiger partial charge in [-0.3, -0.25) is 0 Å². The van der Waals surface area contributed by atoms with Gasteiger partial charge in [-0.25, -0.2) is 4.79 Å². The van der Waals surface area contributed by atoms with Gasteiger partial charge in [-0.05, 0) is 25.7 Å². The SMILES string of the molecule is CCC/C=C/C(=O)OCC/C=C\CCCCC. The molecule has 0 bridgehead atoms. The topological polar surface area (TPSA) is 26.3 Å². The molecule has 0 aromatic carbocycles. The quantitative estimate of drug-likeness (QED) is 0.244. The van der Waals surface area contributed by atoms with E-state index in [-0.39, 0.29) is 5.97 Å². The van der Waals surface area contributed by atoms with Crippen LogP contribution in [0.4, 0.5) is 0 Å². The van der Waals surface area contributed by atoms with E-state index >= 15 is 0 Å². The van der Waals surface area contributed by atoms with Crippen molar-refractivity contribution in [3.63, 3.8) is 0 Å². The molecule has 0 aliphatic carbocycles. The van der Waals surface area contributed by atoms with Gasteiger partial charge < -0.3 is 4.74 Å². The molecule has 2 nitrogen and oxygen atoms in total. The monoisotopic (exact) mass is 238 g/mol. The van der Waals surface area contributed by atoms with Crippen molar-refractivity contribution >= 4 is 5.97 Å². The third kappa shape index (κ3) is 12.9. The number of hydrogen-bond donors (Lipinski definition) is 0. The number of hydrogen-bond acceptors (Lipinski definition) is 2. The standard InChI is InChI=1S/C15H26O2/c1-3-5-7-8-9-10-12-14-17-15(16)13-11-6-4-2/h9-11,13H,3-8,12,14H2,1-2H3/b10-9-,13-11+. The van der Waals surface area contributed by atoms with Crippen molar-refractivity contribution in [2.75, 3.05) is 6.61 Å². The van der Waals surface area contributed by atoms with Crippen molar-refractivity contribution < 1.29 is 9.53 Å². The van der Waals surface area contributed by atoms with Crippen LogP contribution in [0, 0.1) is 0 Å². The van der Waals surface area contributed by atoms with Gasteiger partial charge in [-0.1, -0.05) is 51.3 Å². The molecular formula is C15H26O2. The first-order valence-corrected chi connectivity index (χ1v) is 6.79. The van der Waals surface area contributed by atoms with Crippen molar-refractivity contribution in [1.29, 1.82) is 0 Å². The minimum Gasteiger partial charge on any atom is -0.462 e. The van der Waals surface area contributed by atoms with E-state index in [0.29, 0.717) is 6.61 Å². The highest BCUT2D eigenvalue weighted by Crippen LogP contribution is 2.00. The maximum Gasteiger partial charge on any atom is 0.330 e. The van der Waals surface area contributed by atoms with Crippen LogP contribution in [0.2, 0.25) is 0 Å². The summed E-state index contributed by atoms with van der Waals surface area (Å²) in [6.07, 6.45) is 15.4. The van der Waals surface area contributed by atoms with Crippen molar-refractivity contribution in [2.24, 2.45) is 0 Å². The van der Waals surface area contributed by atoms with E-state index in [4.69, 9.17) is 4.74 Å². The Kier molecular flexibility index (Phi) is 12.2. The predicted molar refractivity (Wildman–Crippen MR) is 72.9 cm³/mol. The maximum atomic E-state index is 11.2. The number of rotatable bonds is 10. The first kappa shape index (κ1) is 16.0. The minimum atomic E-state index is -0.224. The Bertz CT molecular complexity index is 229. The van der Waals surface area contributed by atoms with Crippen molar-refractivity contribution in [3.05, 3.63) is 24.3 Å². The lowest BCUT2D eigenvalue weighted by Crippen LogP contribution is -2.01. The van der Waals surface area contributed by atoms with Crippen LogP contribution in [0.15, 0.2) is 24.3 Å². The Labute approximate surface area is 106 Å². The van der Waals surface area contributed by atoms with Gasteiger partial charge >= 0.3 is 5.97 Å². The first-order valence-electron chi connectivity index (χ1n) is 6.79. The average Bonchev–Trinajstić information content (AvgIpc) is 2.33. The molecule has 0 spiro atoms. The molecule has 0 aromatic heterocycles. The summed E-state index contributed by atoms with van der Waals surface area (Å²) in [5.41, 5.74) is 0. The molecule has 0 heterocycles. The van der Waals surface area contributed by atoms with Crippen LogP contribution in [0.1, 0.15) is 58.8 Å². The maximum absolute atomic E-state index is 11.2. The number of carbonyl (C=O) groups is 1. The summed E-state index contributed by atoms with van der Waals surface area (Å²) in [7, 11) is 0. The molecule has 0 saturated heterocycles. The van der Waals surface area contributed by atoms with Crippen LogP contribution in [0.25, 0.3) is 0 Å². The highest BCUT2D eigenvalue weighted by atomic mass is 16.5. The Balaban J connectivity index is 3.35. The van der Waals surface area contributed by atoms with Gasteiger partial charge in [0.25, 0.3) is 0 Å². The van der Waals surface area contributed by atoms with Gasteiger partial charge in [-0.2, -0.15) is 0 Å². The zero-order valence-electron chi connectivity index (χ0n) is 11.3. The molecule has 17 heavy (non-hydrogen) atoms. The van der Waals surface area contributed by atoms with Crippen LogP contribution in [0.3, 0.4) is 0 Å². The van der Waals surface area contributed by atoms with Crippen LogP contribution in [-0.4, -0.2) is 12.6 Å². The van der Waals surface area contributed by atoms with Crippen molar-refractivity contribution in [3.8, 4) is 0 Å². The molecule has 0 unspecified atom stereocenters. The fourth-order valence-corrected chi connectivity index (χ4v) is 1.37. The molecule has 0 atom stereocenters. The number of ether oxygens (including phenoxy) is 1. The normalized spacial score (nSPS) is 11.4. The second kappa shape index (κ2) is 13.0. The summed E-state index contributed by atoms with van der Waals surface area (Å²) in [5, 5.41) is 0. The molecule has 0 aromatic rings. The van der Waals surface area contributed by atoms with Gasteiger partial charge in [0.05, 0.1) is 6.61 Å². The van der Waals surface area contributed by atoms with E-state index < -0.39 is 0 Å². The Morgan fingerprint density at radius 1 is 0.941 bits per heavy atom. The van der Waals surface area contributed by atoms with Crippen molar-refractivity contribution in [1.82, 2.24) is 0 Å². The van der Waals surface area contributed by atoms with Gasteiger partial charge in [-0.15, -0.1) is 0 Å². The summed E-state index contributed by atoms with van der Waals surface area (Å²) in [6, 6.07) is 0. The highest BCUT2D eigenvalue weighted by Gasteiger charge is 1.93. The zero-order chi connectivity index (χ0) is 12.8. The minimum absolute atomic E-state index is 0.224. The Hall–Kier alpha value is -1.05. The van der Waals surface area contributed by atoms with E-state index in [1.807, 2.05) is 6.08 Å².